The fourth-order valence-corrected chi connectivity index (χ4v) is 1.43. The Hall–Kier alpha value is -2.37. The largest absolute Gasteiger partial charge is 0.478 e. The third-order valence-corrected chi connectivity index (χ3v) is 2.09. The van der Waals surface area contributed by atoms with Crippen LogP contribution in [-0.2, 0) is 0 Å². The van der Waals surface area contributed by atoms with Crippen LogP contribution < -0.4 is 0 Å². The van der Waals surface area contributed by atoms with Crippen molar-refractivity contribution in [1.29, 1.82) is 0 Å². The first-order valence-corrected chi connectivity index (χ1v) is 4.08. The van der Waals surface area contributed by atoms with Crippen LogP contribution in [0, 0.1) is 10.1 Å². The molecule has 0 saturated heterocycles. The highest BCUT2D eigenvalue weighted by Crippen LogP contribution is 2.24. The Balaban J connectivity index is 2.80. The van der Waals surface area contributed by atoms with Crippen LogP contribution in [0.3, 0.4) is 0 Å². The zero-order chi connectivity index (χ0) is 11.0. The summed E-state index contributed by atoms with van der Waals surface area (Å²) in [5.74, 6) is -1.19. The summed E-state index contributed by atoms with van der Waals surface area (Å²) < 4.78 is 0. The number of nitro benzene ring substituents is 1. The topological polar surface area (TPSA) is 96.2 Å². The molecule has 6 heteroatoms. The molecule has 0 radical (unpaired) electrons. The van der Waals surface area contributed by atoms with Gasteiger partial charge in [0.25, 0.3) is 5.69 Å². The number of aromatic amines is 1. The van der Waals surface area contributed by atoms with Crippen LogP contribution in [-0.4, -0.2) is 21.0 Å². The maximum Gasteiger partial charge on any atom is 0.338 e. The van der Waals surface area contributed by atoms with Crippen molar-refractivity contribution in [2.45, 2.75) is 0 Å². The fraction of sp³-hybridized carbons (Fsp3) is 0. The first-order chi connectivity index (χ1) is 7.09. The van der Waals surface area contributed by atoms with Crippen molar-refractivity contribution in [2.75, 3.05) is 0 Å². The fourth-order valence-electron chi connectivity index (χ4n) is 1.43. The van der Waals surface area contributed by atoms with Gasteiger partial charge in [0, 0.05) is 23.7 Å². The van der Waals surface area contributed by atoms with Gasteiger partial charge in [0.15, 0.2) is 0 Å². The van der Waals surface area contributed by atoms with Gasteiger partial charge in [0.05, 0.1) is 16.0 Å². The van der Waals surface area contributed by atoms with Crippen molar-refractivity contribution in [3.63, 3.8) is 0 Å². The van der Waals surface area contributed by atoms with E-state index in [1.165, 1.54) is 6.07 Å². The summed E-state index contributed by atoms with van der Waals surface area (Å²) in [7, 11) is 0. The third-order valence-electron chi connectivity index (χ3n) is 2.09. The molecule has 0 aliphatic rings. The lowest BCUT2D eigenvalue weighted by molar-refractivity contribution is -0.384. The van der Waals surface area contributed by atoms with Crippen molar-refractivity contribution in [1.82, 2.24) is 4.98 Å². The van der Waals surface area contributed by atoms with Crippen LogP contribution in [0.4, 0.5) is 5.69 Å². The lowest BCUT2D eigenvalue weighted by Crippen LogP contribution is -1.99. The van der Waals surface area contributed by atoms with E-state index in [4.69, 9.17) is 5.11 Å². The molecule has 1 aromatic heterocycles. The molecule has 76 valence electrons. The average Bonchev–Trinajstić information content (AvgIpc) is 2.62. The molecule has 0 unspecified atom stereocenters. The minimum atomic E-state index is -1.19. The van der Waals surface area contributed by atoms with Crippen molar-refractivity contribution < 1.29 is 14.8 Å². The highest BCUT2D eigenvalue weighted by atomic mass is 16.6. The highest BCUT2D eigenvalue weighted by molar-refractivity contribution is 6.03. The first-order valence-electron chi connectivity index (χ1n) is 4.08. The number of nitrogens with one attached hydrogen (secondary N) is 1. The molecule has 15 heavy (non-hydrogen) atoms. The van der Waals surface area contributed by atoms with Gasteiger partial charge < -0.3 is 10.1 Å². The molecular weight excluding hydrogens is 200 g/mol. The lowest BCUT2D eigenvalue weighted by atomic mass is 10.1. The van der Waals surface area contributed by atoms with Gasteiger partial charge >= 0.3 is 5.97 Å². The minimum Gasteiger partial charge on any atom is -0.478 e. The number of benzene rings is 1. The summed E-state index contributed by atoms with van der Waals surface area (Å²) >= 11 is 0. The second-order valence-electron chi connectivity index (χ2n) is 3.00. The number of fused-ring (bicyclic) bond motifs is 1. The Kier molecular flexibility index (Phi) is 1.89. The molecule has 1 heterocycles. The number of aromatic carboxylic acids is 1. The zero-order valence-corrected chi connectivity index (χ0v) is 7.43. The second-order valence-corrected chi connectivity index (χ2v) is 3.00. The molecule has 0 aliphatic heterocycles. The van der Waals surface area contributed by atoms with Crippen molar-refractivity contribution in [3.05, 3.63) is 40.1 Å². The van der Waals surface area contributed by atoms with Gasteiger partial charge in [-0.15, -0.1) is 0 Å². The van der Waals surface area contributed by atoms with Gasteiger partial charge in [-0.25, -0.2) is 4.79 Å². The van der Waals surface area contributed by atoms with Crippen LogP contribution in [0.25, 0.3) is 10.9 Å². The maximum atomic E-state index is 10.8. The maximum absolute atomic E-state index is 10.8. The van der Waals surface area contributed by atoms with E-state index >= 15 is 0 Å². The number of carboxylic acids is 1. The van der Waals surface area contributed by atoms with E-state index in [0.717, 1.165) is 6.07 Å². The smallest absolute Gasteiger partial charge is 0.338 e. The minimum absolute atomic E-state index is 0.0933. The summed E-state index contributed by atoms with van der Waals surface area (Å²) in [5.41, 5.74) is 0.0804. The summed E-state index contributed by atoms with van der Waals surface area (Å²) in [5, 5.41) is 19.9. The summed E-state index contributed by atoms with van der Waals surface area (Å²) in [6.07, 6.45) is 1.54. The second kappa shape index (κ2) is 3.09. The van der Waals surface area contributed by atoms with Crippen LogP contribution in [0.5, 0.6) is 0 Å². The quantitative estimate of drug-likeness (QED) is 0.578. The van der Waals surface area contributed by atoms with Gasteiger partial charge in [-0.1, -0.05) is 0 Å². The SMILES string of the molecule is O=C(O)c1cc([N+](=O)[O-])cc2cc[nH]c12. The third kappa shape index (κ3) is 1.41. The Morgan fingerprint density at radius 1 is 1.47 bits per heavy atom. The first kappa shape index (κ1) is 9.20. The number of nitro groups is 1. The molecule has 0 spiro atoms. The van der Waals surface area contributed by atoms with Gasteiger partial charge in [-0.3, -0.25) is 10.1 Å². The van der Waals surface area contributed by atoms with E-state index in [0.29, 0.717) is 10.9 Å². The number of hydrogen-bond acceptors (Lipinski definition) is 3. The predicted molar refractivity (Wildman–Crippen MR) is 51.9 cm³/mol. The monoisotopic (exact) mass is 206 g/mol. The van der Waals surface area contributed by atoms with Gasteiger partial charge in [-0.2, -0.15) is 0 Å². The normalized spacial score (nSPS) is 10.4. The van der Waals surface area contributed by atoms with Crippen LogP contribution in [0.1, 0.15) is 10.4 Å². The molecule has 0 fully saturated rings. The number of hydrogen-bond donors (Lipinski definition) is 2. The molecule has 0 saturated carbocycles. The average molecular weight is 206 g/mol. The molecule has 0 bridgehead atoms. The number of carbonyl (C=O) groups is 1. The molecule has 0 atom stereocenters. The number of aromatic nitrogens is 1. The molecule has 2 rings (SSSR count). The number of non-ortho nitro benzene ring substituents is 1. The Morgan fingerprint density at radius 2 is 2.20 bits per heavy atom. The molecular formula is C9H6N2O4. The number of nitrogens with zero attached hydrogens (tertiary/aromatic N) is 1. The van der Waals surface area contributed by atoms with E-state index < -0.39 is 10.9 Å². The number of H-pyrrole nitrogens is 1. The van der Waals surface area contributed by atoms with Crippen molar-refractivity contribution >= 4 is 22.6 Å². The molecule has 2 N–H and O–H groups in total. The van der Waals surface area contributed by atoms with Crippen LogP contribution >= 0.6 is 0 Å². The van der Waals surface area contributed by atoms with Gasteiger partial charge in [0.1, 0.15) is 0 Å². The molecule has 0 amide bonds. The lowest BCUT2D eigenvalue weighted by Gasteiger charge is -1.98. The van der Waals surface area contributed by atoms with E-state index in [1.54, 1.807) is 12.3 Å². The molecule has 2 aromatic rings. The van der Waals surface area contributed by atoms with Crippen LogP contribution in [0.2, 0.25) is 0 Å². The number of rotatable bonds is 2. The van der Waals surface area contributed by atoms with E-state index in [2.05, 4.69) is 4.98 Å². The van der Waals surface area contributed by atoms with E-state index in [1.807, 2.05) is 0 Å². The Morgan fingerprint density at radius 3 is 2.80 bits per heavy atom. The number of carboxylic acid groups (broad SMARTS) is 1. The summed E-state index contributed by atoms with van der Waals surface area (Å²) in [6.45, 7) is 0. The highest BCUT2D eigenvalue weighted by Gasteiger charge is 2.16. The van der Waals surface area contributed by atoms with Crippen LogP contribution in [0.15, 0.2) is 24.4 Å². The molecule has 1 aromatic carbocycles. The van der Waals surface area contributed by atoms with Crippen molar-refractivity contribution in [2.24, 2.45) is 0 Å². The van der Waals surface area contributed by atoms with E-state index in [-0.39, 0.29) is 11.3 Å². The predicted octanol–water partition coefficient (Wildman–Crippen LogP) is 1.77. The van der Waals surface area contributed by atoms with Gasteiger partial charge in [-0.05, 0) is 6.07 Å². The molecule has 0 aliphatic carbocycles. The molecule has 6 nitrogen and oxygen atoms in total. The van der Waals surface area contributed by atoms with Gasteiger partial charge in [0.2, 0.25) is 0 Å². The Labute approximate surface area is 83.3 Å². The standard InChI is InChI=1S/C9H6N2O4/c12-9(13)7-4-6(11(14)15)3-5-1-2-10-8(5)7/h1-4,10H,(H,12,13). The summed E-state index contributed by atoms with van der Waals surface area (Å²) in [4.78, 5) is 23.5. The zero-order valence-electron chi connectivity index (χ0n) is 7.43. The van der Waals surface area contributed by atoms with E-state index in [9.17, 15) is 14.9 Å². The summed E-state index contributed by atoms with van der Waals surface area (Å²) in [6, 6.07) is 3.97. The van der Waals surface area contributed by atoms with Crippen molar-refractivity contribution in [3.8, 4) is 0 Å². The Bertz CT molecular complexity index is 558.